The van der Waals surface area contributed by atoms with Crippen LogP contribution in [0.2, 0.25) is 10.0 Å². The number of carbonyl (C=O) groups is 1. The Balaban J connectivity index is 1.86. The summed E-state index contributed by atoms with van der Waals surface area (Å²) in [6.07, 6.45) is 0. The maximum Gasteiger partial charge on any atom is 0.243 e. The molecule has 0 heterocycles. The molecule has 9 heteroatoms. The highest BCUT2D eigenvalue weighted by Gasteiger charge is 2.28. The lowest BCUT2D eigenvalue weighted by atomic mass is 10.1. The molecule has 1 unspecified atom stereocenters. The SMILES string of the molecule is Cc1ccc(S(=O)(=O)N(CC(=O)NC(C)c2ccc(Br)cc2)Cc2ccc(Cl)cc2Cl)cc1. The smallest absolute Gasteiger partial charge is 0.243 e. The third kappa shape index (κ3) is 6.80. The van der Waals surface area contributed by atoms with Crippen LogP contribution in [0, 0.1) is 6.92 Å². The van der Waals surface area contributed by atoms with Gasteiger partial charge in [-0.2, -0.15) is 4.31 Å². The molecule has 0 radical (unpaired) electrons. The first kappa shape index (κ1) is 25.7. The quantitative estimate of drug-likeness (QED) is 0.355. The summed E-state index contributed by atoms with van der Waals surface area (Å²) < 4.78 is 28.9. The Morgan fingerprint density at radius 3 is 2.27 bits per heavy atom. The van der Waals surface area contributed by atoms with Crippen molar-refractivity contribution in [3.8, 4) is 0 Å². The molecule has 0 spiro atoms. The molecule has 0 aliphatic rings. The Morgan fingerprint density at radius 1 is 1.03 bits per heavy atom. The van der Waals surface area contributed by atoms with E-state index in [9.17, 15) is 13.2 Å². The highest BCUT2D eigenvalue weighted by molar-refractivity contribution is 9.10. The molecule has 1 amide bonds. The number of sulfonamides is 1. The van der Waals surface area contributed by atoms with E-state index in [2.05, 4.69) is 21.2 Å². The van der Waals surface area contributed by atoms with Gasteiger partial charge in [0.25, 0.3) is 0 Å². The molecular weight excluding hydrogens is 547 g/mol. The topological polar surface area (TPSA) is 66.5 Å². The fourth-order valence-corrected chi connectivity index (χ4v) is 5.31. The first-order valence-electron chi connectivity index (χ1n) is 10.1. The summed E-state index contributed by atoms with van der Waals surface area (Å²) in [6.45, 7) is 3.27. The van der Waals surface area contributed by atoms with Crippen molar-refractivity contribution in [2.45, 2.75) is 31.3 Å². The zero-order valence-electron chi connectivity index (χ0n) is 18.1. The number of hydrogen-bond donors (Lipinski definition) is 1. The largest absolute Gasteiger partial charge is 0.348 e. The monoisotopic (exact) mass is 568 g/mol. The highest BCUT2D eigenvalue weighted by atomic mass is 79.9. The summed E-state index contributed by atoms with van der Waals surface area (Å²) in [6, 6.07) is 18.6. The summed E-state index contributed by atoms with van der Waals surface area (Å²) in [7, 11) is -3.97. The molecule has 0 aliphatic heterocycles. The van der Waals surface area contributed by atoms with Crippen LogP contribution >= 0.6 is 39.1 Å². The maximum absolute atomic E-state index is 13.4. The first-order valence-corrected chi connectivity index (χ1v) is 13.1. The van der Waals surface area contributed by atoms with Crippen molar-refractivity contribution in [2.75, 3.05) is 6.54 Å². The van der Waals surface area contributed by atoms with Crippen molar-refractivity contribution in [1.82, 2.24) is 9.62 Å². The maximum atomic E-state index is 13.4. The Hall–Kier alpha value is -1.90. The first-order chi connectivity index (χ1) is 15.6. The van der Waals surface area contributed by atoms with E-state index >= 15 is 0 Å². The minimum Gasteiger partial charge on any atom is -0.348 e. The Bertz CT molecular complexity index is 1230. The van der Waals surface area contributed by atoms with Crippen LogP contribution in [0.3, 0.4) is 0 Å². The second-order valence-electron chi connectivity index (χ2n) is 7.66. The van der Waals surface area contributed by atoms with Gasteiger partial charge < -0.3 is 5.32 Å². The summed E-state index contributed by atoms with van der Waals surface area (Å²) >= 11 is 15.7. The summed E-state index contributed by atoms with van der Waals surface area (Å²) in [5, 5.41) is 3.65. The van der Waals surface area contributed by atoms with Gasteiger partial charge >= 0.3 is 0 Å². The van der Waals surface area contributed by atoms with E-state index in [1.165, 1.54) is 12.1 Å². The van der Waals surface area contributed by atoms with Gasteiger partial charge in [-0.05, 0) is 61.4 Å². The number of rotatable bonds is 8. The van der Waals surface area contributed by atoms with Crippen LogP contribution in [0.15, 0.2) is 76.1 Å². The van der Waals surface area contributed by atoms with Gasteiger partial charge in [-0.3, -0.25) is 4.79 Å². The van der Waals surface area contributed by atoms with Gasteiger partial charge in [-0.25, -0.2) is 8.42 Å². The van der Waals surface area contributed by atoms with Gasteiger partial charge in [0, 0.05) is 21.1 Å². The van der Waals surface area contributed by atoms with Crippen LogP contribution in [-0.2, 0) is 21.4 Å². The molecule has 33 heavy (non-hydrogen) atoms. The predicted octanol–water partition coefficient (Wildman–Crippen LogP) is 6.13. The van der Waals surface area contributed by atoms with E-state index in [1.54, 1.807) is 30.3 Å². The molecule has 0 bridgehead atoms. The molecule has 174 valence electrons. The number of amides is 1. The fraction of sp³-hybridized carbons (Fsp3) is 0.208. The standard InChI is InChI=1S/C24H23BrCl2N2O3S/c1-16-3-11-22(12-4-16)33(31,32)29(14-19-7-10-21(26)13-23(19)27)15-24(30)28-17(2)18-5-8-20(25)9-6-18/h3-13,17H,14-15H2,1-2H3,(H,28,30). The fourth-order valence-electron chi connectivity index (χ4n) is 3.21. The molecule has 0 aromatic heterocycles. The number of aryl methyl sites for hydroxylation is 1. The van der Waals surface area contributed by atoms with Crippen molar-refractivity contribution in [2.24, 2.45) is 0 Å². The molecular formula is C24H23BrCl2N2O3S. The number of nitrogens with one attached hydrogen (secondary N) is 1. The van der Waals surface area contributed by atoms with Gasteiger partial charge in [-0.15, -0.1) is 0 Å². The zero-order valence-corrected chi connectivity index (χ0v) is 22.0. The van der Waals surface area contributed by atoms with Gasteiger partial charge in [-0.1, -0.05) is 75.0 Å². The molecule has 1 atom stereocenters. The van der Waals surface area contributed by atoms with Crippen LogP contribution in [0.1, 0.15) is 29.7 Å². The molecule has 0 fully saturated rings. The zero-order chi connectivity index (χ0) is 24.2. The van der Waals surface area contributed by atoms with E-state index in [-0.39, 0.29) is 24.0 Å². The second kappa shape index (κ2) is 11.0. The summed E-state index contributed by atoms with van der Waals surface area (Å²) in [5.41, 5.74) is 2.38. The number of nitrogens with zero attached hydrogens (tertiary/aromatic N) is 1. The predicted molar refractivity (Wildman–Crippen MR) is 136 cm³/mol. The lowest BCUT2D eigenvalue weighted by Gasteiger charge is -2.24. The highest BCUT2D eigenvalue weighted by Crippen LogP contribution is 2.25. The third-order valence-corrected chi connectivity index (χ3v) is 8.01. The van der Waals surface area contributed by atoms with Crippen LogP contribution < -0.4 is 5.32 Å². The molecule has 0 saturated heterocycles. The summed E-state index contributed by atoms with van der Waals surface area (Å²) in [4.78, 5) is 13.0. The Morgan fingerprint density at radius 2 is 1.67 bits per heavy atom. The molecule has 3 rings (SSSR count). The molecule has 3 aromatic rings. The van der Waals surface area contributed by atoms with E-state index in [4.69, 9.17) is 23.2 Å². The number of benzene rings is 3. The Kier molecular flexibility index (Phi) is 8.59. The van der Waals surface area contributed by atoms with Crippen LogP contribution in [0.5, 0.6) is 0 Å². The van der Waals surface area contributed by atoms with Crippen LogP contribution in [-0.4, -0.2) is 25.2 Å². The molecule has 0 saturated carbocycles. The van der Waals surface area contributed by atoms with E-state index in [0.29, 0.717) is 15.6 Å². The van der Waals surface area contributed by atoms with Gasteiger partial charge in [0.2, 0.25) is 15.9 Å². The van der Waals surface area contributed by atoms with Crippen molar-refractivity contribution >= 4 is 55.1 Å². The molecule has 3 aromatic carbocycles. The van der Waals surface area contributed by atoms with Crippen LogP contribution in [0.25, 0.3) is 0 Å². The normalized spacial score (nSPS) is 12.5. The van der Waals surface area contributed by atoms with Gasteiger partial charge in [0.1, 0.15) is 0 Å². The van der Waals surface area contributed by atoms with Crippen molar-refractivity contribution in [1.29, 1.82) is 0 Å². The Labute approximate surface area is 212 Å². The van der Waals surface area contributed by atoms with Gasteiger partial charge in [0.15, 0.2) is 0 Å². The lowest BCUT2D eigenvalue weighted by Crippen LogP contribution is -2.41. The minimum atomic E-state index is -3.97. The number of carbonyl (C=O) groups excluding carboxylic acids is 1. The van der Waals surface area contributed by atoms with E-state index in [1.807, 2.05) is 38.1 Å². The van der Waals surface area contributed by atoms with Crippen molar-refractivity contribution in [3.05, 3.63) is 97.9 Å². The molecule has 0 aliphatic carbocycles. The molecule has 5 nitrogen and oxygen atoms in total. The average molecular weight is 570 g/mol. The van der Waals surface area contributed by atoms with Crippen LogP contribution in [0.4, 0.5) is 0 Å². The molecule has 1 N–H and O–H groups in total. The van der Waals surface area contributed by atoms with E-state index < -0.39 is 15.9 Å². The third-order valence-electron chi connectivity index (χ3n) is 5.09. The number of halogens is 3. The van der Waals surface area contributed by atoms with Gasteiger partial charge in [0.05, 0.1) is 17.5 Å². The average Bonchev–Trinajstić information content (AvgIpc) is 2.75. The second-order valence-corrected chi connectivity index (χ2v) is 11.4. The van der Waals surface area contributed by atoms with Crippen molar-refractivity contribution in [3.63, 3.8) is 0 Å². The van der Waals surface area contributed by atoms with E-state index in [0.717, 1.165) is 19.9 Å². The summed E-state index contributed by atoms with van der Waals surface area (Å²) in [5.74, 6) is -0.425. The number of hydrogen-bond acceptors (Lipinski definition) is 3. The van der Waals surface area contributed by atoms with Crippen molar-refractivity contribution < 1.29 is 13.2 Å². The minimum absolute atomic E-state index is 0.0771. The lowest BCUT2D eigenvalue weighted by molar-refractivity contribution is -0.122.